The molecule has 0 aromatic carbocycles. The minimum atomic E-state index is -0.160. The van der Waals surface area contributed by atoms with Crippen molar-refractivity contribution in [2.24, 2.45) is 0 Å². The third kappa shape index (κ3) is 3.60. The molecule has 1 atom stereocenters. The Labute approximate surface area is 115 Å². The summed E-state index contributed by atoms with van der Waals surface area (Å²) in [6.45, 7) is 5.72. The fraction of sp³-hybridized carbons (Fsp3) is 0.667. The second kappa shape index (κ2) is 6.75. The van der Waals surface area contributed by atoms with E-state index in [9.17, 15) is 4.79 Å². The van der Waals surface area contributed by atoms with Crippen LogP contribution in [0.3, 0.4) is 0 Å². The van der Waals surface area contributed by atoms with Crippen molar-refractivity contribution >= 4 is 5.97 Å². The quantitative estimate of drug-likeness (QED) is 0.656. The third-order valence-electron chi connectivity index (χ3n) is 3.63. The van der Waals surface area contributed by atoms with Gasteiger partial charge in [0.25, 0.3) is 0 Å². The first-order valence-electron chi connectivity index (χ1n) is 7.32. The highest BCUT2D eigenvalue weighted by atomic mass is 16.5. The Hall–Kier alpha value is -1.29. The topological polar surface area (TPSA) is 43.3 Å². The Morgan fingerprint density at radius 3 is 3.00 bits per heavy atom. The summed E-state index contributed by atoms with van der Waals surface area (Å²) in [5, 5.41) is 3.54. The minimum Gasteiger partial charge on any atom is -0.465 e. The number of carbonyl (C=O) groups is 1. The molecule has 0 amide bonds. The molecule has 1 aliphatic carbocycles. The molecule has 0 aliphatic heterocycles. The van der Waals surface area contributed by atoms with Crippen molar-refractivity contribution in [2.75, 3.05) is 13.2 Å². The van der Waals surface area contributed by atoms with Crippen molar-refractivity contribution in [3.05, 3.63) is 23.5 Å². The van der Waals surface area contributed by atoms with Gasteiger partial charge in [0.05, 0.1) is 6.61 Å². The fourth-order valence-electron chi connectivity index (χ4n) is 2.82. The largest absolute Gasteiger partial charge is 0.465 e. The lowest BCUT2D eigenvalue weighted by Gasteiger charge is -2.15. The predicted molar refractivity (Wildman–Crippen MR) is 75.0 cm³/mol. The number of hydrogen-bond donors (Lipinski definition) is 1. The van der Waals surface area contributed by atoms with Crippen LogP contribution in [-0.4, -0.2) is 23.7 Å². The molecule has 0 saturated carbocycles. The van der Waals surface area contributed by atoms with Gasteiger partial charge in [-0.3, -0.25) is 4.79 Å². The van der Waals surface area contributed by atoms with Crippen LogP contribution in [0.15, 0.2) is 12.4 Å². The average Bonchev–Trinajstić information content (AvgIpc) is 2.67. The van der Waals surface area contributed by atoms with Crippen molar-refractivity contribution in [2.45, 2.75) is 52.1 Å². The molecule has 1 aromatic rings. The zero-order valence-electron chi connectivity index (χ0n) is 11.9. The average molecular weight is 264 g/mol. The summed E-state index contributed by atoms with van der Waals surface area (Å²) in [6.07, 6.45) is 9.03. The maximum atomic E-state index is 11.5. The van der Waals surface area contributed by atoms with E-state index in [2.05, 4.69) is 24.6 Å². The van der Waals surface area contributed by atoms with Gasteiger partial charge in [-0.25, -0.2) is 0 Å². The van der Waals surface area contributed by atoms with Gasteiger partial charge >= 0.3 is 5.97 Å². The van der Waals surface area contributed by atoms with Crippen molar-refractivity contribution in [1.82, 2.24) is 9.88 Å². The highest BCUT2D eigenvalue weighted by Crippen LogP contribution is 2.29. The van der Waals surface area contributed by atoms with E-state index >= 15 is 0 Å². The standard InChI is InChI=1S/C15H24N2O2/c1-3-16-14-8-6-5-7-12-9-17(10-13(12)14)11-15(18)19-4-2/h9-10,14,16H,3-8,11H2,1-2H3. The van der Waals surface area contributed by atoms with Gasteiger partial charge in [0, 0.05) is 18.4 Å². The Bertz CT molecular complexity index is 426. The van der Waals surface area contributed by atoms with E-state index in [-0.39, 0.29) is 5.97 Å². The molecule has 19 heavy (non-hydrogen) atoms. The Morgan fingerprint density at radius 2 is 2.26 bits per heavy atom. The molecule has 106 valence electrons. The molecule has 4 heteroatoms. The molecule has 4 nitrogen and oxygen atoms in total. The smallest absolute Gasteiger partial charge is 0.325 e. The van der Waals surface area contributed by atoms with Gasteiger partial charge in [0.15, 0.2) is 0 Å². The first-order valence-corrected chi connectivity index (χ1v) is 7.32. The van der Waals surface area contributed by atoms with E-state index < -0.39 is 0 Å². The summed E-state index contributed by atoms with van der Waals surface area (Å²) < 4.78 is 6.97. The number of nitrogens with zero attached hydrogens (tertiary/aromatic N) is 1. The maximum Gasteiger partial charge on any atom is 0.325 e. The molecule has 0 fully saturated rings. The molecule has 1 heterocycles. The number of carbonyl (C=O) groups excluding carboxylic acids is 1. The lowest BCUT2D eigenvalue weighted by molar-refractivity contribution is -0.143. The summed E-state index contributed by atoms with van der Waals surface area (Å²) in [7, 11) is 0. The van der Waals surface area contributed by atoms with E-state index in [1.807, 2.05) is 11.5 Å². The zero-order valence-corrected chi connectivity index (χ0v) is 11.9. The third-order valence-corrected chi connectivity index (χ3v) is 3.63. The van der Waals surface area contributed by atoms with Crippen LogP contribution >= 0.6 is 0 Å². The Balaban J connectivity index is 2.13. The molecule has 1 unspecified atom stereocenters. The Kier molecular flexibility index (Phi) is 5.02. The number of fused-ring (bicyclic) bond motifs is 1. The SMILES string of the molecule is CCNC1CCCCc2cn(CC(=O)OCC)cc21. The highest BCUT2D eigenvalue weighted by molar-refractivity contribution is 5.69. The number of aryl methyl sites for hydroxylation is 1. The van der Waals surface area contributed by atoms with Gasteiger partial charge < -0.3 is 14.6 Å². The van der Waals surface area contributed by atoms with Crippen LogP contribution in [0.4, 0.5) is 0 Å². The second-order valence-corrected chi connectivity index (χ2v) is 5.07. The number of nitrogens with one attached hydrogen (secondary N) is 1. The molecular weight excluding hydrogens is 240 g/mol. The number of rotatable bonds is 5. The van der Waals surface area contributed by atoms with E-state index in [0.717, 1.165) is 13.0 Å². The molecule has 0 saturated heterocycles. The summed E-state index contributed by atoms with van der Waals surface area (Å²) in [4.78, 5) is 11.5. The van der Waals surface area contributed by atoms with Crippen molar-refractivity contribution < 1.29 is 9.53 Å². The lowest BCUT2D eigenvalue weighted by atomic mass is 10.0. The number of hydrogen-bond acceptors (Lipinski definition) is 3. The van der Waals surface area contributed by atoms with Gasteiger partial charge in [-0.2, -0.15) is 0 Å². The van der Waals surface area contributed by atoms with Crippen molar-refractivity contribution in [1.29, 1.82) is 0 Å². The van der Waals surface area contributed by atoms with Crippen LogP contribution in [0.5, 0.6) is 0 Å². The highest BCUT2D eigenvalue weighted by Gasteiger charge is 2.20. The van der Waals surface area contributed by atoms with Crippen LogP contribution in [0.2, 0.25) is 0 Å². The van der Waals surface area contributed by atoms with Crippen molar-refractivity contribution in [3.8, 4) is 0 Å². The number of aromatic nitrogens is 1. The summed E-state index contributed by atoms with van der Waals surface area (Å²) >= 11 is 0. The van der Waals surface area contributed by atoms with Crippen LogP contribution in [-0.2, 0) is 22.5 Å². The molecule has 1 aliphatic rings. The molecule has 0 radical (unpaired) electrons. The number of esters is 1. The van der Waals surface area contributed by atoms with Gasteiger partial charge in [0.2, 0.25) is 0 Å². The summed E-state index contributed by atoms with van der Waals surface area (Å²) in [6, 6.07) is 0.436. The van der Waals surface area contributed by atoms with Gasteiger partial charge in [-0.1, -0.05) is 13.3 Å². The zero-order chi connectivity index (χ0) is 13.7. The lowest BCUT2D eigenvalue weighted by Crippen LogP contribution is -2.20. The molecule has 0 bridgehead atoms. The Morgan fingerprint density at radius 1 is 1.42 bits per heavy atom. The summed E-state index contributed by atoms with van der Waals surface area (Å²) in [5.74, 6) is -0.160. The van der Waals surface area contributed by atoms with E-state index in [0.29, 0.717) is 19.2 Å². The molecule has 1 N–H and O–H groups in total. The molecule has 0 spiro atoms. The second-order valence-electron chi connectivity index (χ2n) is 5.07. The van der Waals surface area contributed by atoms with E-state index in [1.54, 1.807) is 0 Å². The maximum absolute atomic E-state index is 11.5. The summed E-state index contributed by atoms with van der Waals surface area (Å²) in [5.41, 5.74) is 2.75. The van der Waals surface area contributed by atoms with E-state index in [4.69, 9.17) is 4.74 Å². The van der Waals surface area contributed by atoms with Crippen LogP contribution in [0.1, 0.15) is 50.3 Å². The van der Waals surface area contributed by atoms with Gasteiger partial charge in [-0.15, -0.1) is 0 Å². The van der Waals surface area contributed by atoms with Gasteiger partial charge in [0.1, 0.15) is 6.54 Å². The predicted octanol–water partition coefficient (Wildman–Crippen LogP) is 2.43. The molecule has 2 rings (SSSR count). The van der Waals surface area contributed by atoms with Crippen molar-refractivity contribution in [3.63, 3.8) is 0 Å². The fourth-order valence-corrected chi connectivity index (χ4v) is 2.82. The normalized spacial score (nSPS) is 18.7. The molecule has 1 aromatic heterocycles. The molecular formula is C15H24N2O2. The van der Waals surface area contributed by atoms with Crippen LogP contribution in [0.25, 0.3) is 0 Å². The van der Waals surface area contributed by atoms with E-state index in [1.165, 1.54) is 30.4 Å². The number of ether oxygens (including phenoxy) is 1. The van der Waals surface area contributed by atoms with Crippen LogP contribution in [0, 0.1) is 0 Å². The monoisotopic (exact) mass is 264 g/mol. The van der Waals surface area contributed by atoms with Gasteiger partial charge in [-0.05, 0) is 43.9 Å². The first-order chi connectivity index (χ1) is 9.24. The van der Waals surface area contributed by atoms with Crippen LogP contribution < -0.4 is 5.32 Å². The minimum absolute atomic E-state index is 0.160. The first kappa shape index (κ1) is 14.1.